The molecule has 25 heavy (non-hydrogen) atoms. The first-order valence-electron chi connectivity index (χ1n) is 7.90. The molecule has 0 spiro atoms. The molecule has 0 radical (unpaired) electrons. The van der Waals surface area contributed by atoms with Crippen LogP contribution >= 0.6 is 0 Å². The fourth-order valence-electron chi connectivity index (χ4n) is 2.35. The zero-order chi connectivity index (χ0) is 18.2. The Morgan fingerprint density at radius 2 is 2.04 bits per heavy atom. The molecule has 0 fully saturated rings. The van der Waals surface area contributed by atoms with Crippen LogP contribution in [0.2, 0.25) is 0 Å². The topological polar surface area (TPSA) is 92.7 Å². The number of carbonyl (C=O) groups excluding carboxylic acids is 1. The van der Waals surface area contributed by atoms with Gasteiger partial charge >= 0.3 is 6.03 Å². The van der Waals surface area contributed by atoms with Gasteiger partial charge < -0.3 is 25.2 Å². The van der Waals surface area contributed by atoms with Crippen molar-refractivity contribution in [3.63, 3.8) is 0 Å². The van der Waals surface area contributed by atoms with Crippen molar-refractivity contribution in [1.82, 2.24) is 15.6 Å². The minimum Gasteiger partial charge on any atom is -0.497 e. The van der Waals surface area contributed by atoms with Gasteiger partial charge in [0.25, 0.3) is 0 Å². The molecule has 0 bridgehead atoms. The predicted molar refractivity (Wildman–Crippen MR) is 93.7 cm³/mol. The van der Waals surface area contributed by atoms with Crippen molar-refractivity contribution in [2.45, 2.75) is 19.1 Å². The zero-order valence-corrected chi connectivity index (χ0v) is 14.5. The van der Waals surface area contributed by atoms with Gasteiger partial charge in [0.1, 0.15) is 17.6 Å². The Labute approximate surface area is 147 Å². The fraction of sp³-hybridized carbons (Fsp3) is 0.333. The molecule has 0 saturated carbocycles. The summed E-state index contributed by atoms with van der Waals surface area (Å²) in [4.78, 5) is 16.2. The van der Waals surface area contributed by atoms with Gasteiger partial charge in [-0.05, 0) is 37.3 Å². The standard InChI is InChI=1S/C18H23N3O4/c1-12(15-6-4-5-9-19-15)21-18(23)20-11-16(22)14-10-13(24-2)7-8-17(14)25-3/h4-10,12,16,22H,11H2,1-3H3,(H2,20,21,23)/t12-,16-/m1/s1. The number of urea groups is 1. The molecule has 2 aromatic rings. The van der Waals surface area contributed by atoms with Gasteiger partial charge in [-0.2, -0.15) is 0 Å². The fourth-order valence-corrected chi connectivity index (χ4v) is 2.35. The summed E-state index contributed by atoms with van der Waals surface area (Å²) < 4.78 is 10.4. The van der Waals surface area contributed by atoms with Crippen LogP contribution in [0.5, 0.6) is 11.5 Å². The SMILES string of the molecule is COc1ccc(OC)c([C@H](O)CNC(=O)N[C@H](C)c2ccccn2)c1. The number of rotatable bonds is 7. The number of hydrogen-bond donors (Lipinski definition) is 3. The van der Waals surface area contributed by atoms with Gasteiger partial charge in [-0.25, -0.2) is 4.79 Å². The van der Waals surface area contributed by atoms with Gasteiger partial charge in [-0.3, -0.25) is 4.98 Å². The van der Waals surface area contributed by atoms with Gasteiger partial charge in [0, 0.05) is 18.3 Å². The van der Waals surface area contributed by atoms with Gasteiger partial charge in [-0.1, -0.05) is 6.07 Å². The first-order chi connectivity index (χ1) is 12.0. The lowest BCUT2D eigenvalue weighted by Crippen LogP contribution is -2.39. The third-order valence-corrected chi connectivity index (χ3v) is 3.73. The molecule has 1 heterocycles. The highest BCUT2D eigenvalue weighted by Crippen LogP contribution is 2.29. The van der Waals surface area contributed by atoms with Crippen molar-refractivity contribution in [2.24, 2.45) is 0 Å². The maximum atomic E-state index is 12.0. The molecule has 1 aromatic heterocycles. The number of benzene rings is 1. The normalized spacial score (nSPS) is 12.8. The largest absolute Gasteiger partial charge is 0.497 e. The number of nitrogens with one attached hydrogen (secondary N) is 2. The van der Waals surface area contributed by atoms with Crippen molar-refractivity contribution >= 4 is 6.03 Å². The summed E-state index contributed by atoms with van der Waals surface area (Å²) in [5, 5.41) is 15.8. The van der Waals surface area contributed by atoms with Gasteiger partial charge in [-0.15, -0.1) is 0 Å². The lowest BCUT2D eigenvalue weighted by atomic mass is 10.1. The average molecular weight is 345 g/mol. The van der Waals surface area contributed by atoms with Crippen molar-refractivity contribution in [3.05, 3.63) is 53.9 Å². The summed E-state index contributed by atoms with van der Waals surface area (Å²) in [6, 6.07) is 10.00. The second kappa shape index (κ2) is 8.89. The van der Waals surface area contributed by atoms with Crippen LogP contribution in [0, 0.1) is 0 Å². The quantitative estimate of drug-likeness (QED) is 0.715. The Kier molecular flexibility index (Phi) is 6.59. The minimum atomic E-state index is -0.930. The number of nitrogens with zero attached hydrogens (tertiary/aromatic N) is 1. The Balaban J connectivity index is 1.93. The molecule has 0 aliphatic carbocycles. The zero-order valence-electron chi connectivity index (χ0n) is 14.5. The lowest BCUT2D eigenvalue weighted by molar-refractivity contribution is 0.168. The number of aromatic nitrogens is 1. The number of aliphatic hydroxyl groups excluding tert-OH is 1. The monoisotopic (exact) mass is 345 g/mol. The van der Waals surface area contributed by atoms with Crippen molar-refractivity contribution in [3.8, 4) is 11.5 Å². The highest BCUT2D eigenvalue weighted by atomic mass is 16.5. The van der Waals surface area contributed by atoms with E-state index < -0.39 is 6.10 Å². The predicted octanol–water partition coefficient (Wildman–Crippen LogP) is 2.19. The van der Waals surface area contributed by atoms with Crippen LogP contribution in [0.15, 0.2) is 42.6 Å². The molecule has 0 unspecified atom stereocenters. The highest BCUT2D eigenvalue weighted by Gasteiger charge is 2.16. The summed E-state index contributed by atoms with van der Waals surface area (Å²) in [6.45, 7) is 1.87. The molecule has 2 rings (SSSR count). The molecular formula is C18H23N3O4. The summed E-state index contributed by atoms with van der Waals surface area (Å²) in [6.07, 6.45) is 0.741. The van der Waals surface area contributed by atoms with E-state index in [1.165, 1.54) is 7.11 Å². The van der Waals surface area contributed by atoms with Crippen LogP contribution in [0.25, 0.3) is 0 Å². The van der Waals surface area contributed by atoms with Gasteiger partial charge in [0.05, 0.1) is 26.0 Å². The lowest BCUT2D eigenvalue weighted by Gasteiger charge is -2.18. The molecule has 0 aliphatic rings. The Morgan fingerprint density at radius 1 is 1.24 bits per heavy atom. The average Bonchev–Trinajstić information content (AvgIpc) is 2.66. The summed E-state index contributed by atoms with van der Waals surface area (Å²) in [5.41, 5.74) is 1.30. The molecule has 1 aromatic carbocycles. The van der Waals surface area contributed by atoms with E-state index in [0.29, 0.717) is 17.1 Å². The minimum absolute atomic E-state index is 0.0320. The molecule has 0 saturated heterocycles. The van der Waals surface area contributed by atoms with Crippen molar-refractivity contribution in [2.75, 3.05) is 20.8 Å². The molecule has 0 aliphatic heterocycles. The summed E-state index contributed by atoms with van der Waals surface area (Å²) in [7, 11) is 3.06. The van der Waals surface area contributed by atoms with Crippen molar-refractivity contribution in [1.29, 1.82) is 0 Å². The molecule has 2 atom stereocenters. The first kappa shape index (κ1) is 18.5. The summed E-state index contributed by atoms with van der Waals surface area (Å²) in [5.74, 6) is 1.13. The van der Waals surface area contributed by atoms with Crippen molar-refractivity contribution < 1.29 is 19.4 Å². The number of carbonyl (C=O) groups is 1. The molecular weight excluding hydrogens is 322 g/mol. The van der Waals surface area contributed by atoms with Crippen LogP contribution in [-0.2, 0) is 0 Å². The number of ether oxygens (including phenoxy) is 2. The maximum Gasteiger partial charge on any atom is 0.315 e. The number of amides is 2. The van der Waals surface area contributed by atoms with E-state index in [1.54, 1.807) is 31.5 Å². The molecule has 7 heteroatoms. The van der Waals surface area contributed by atoms with Crippen LogP contribution < -0.4 is 20.1 Å². The third-order valence-electron chi connectivity index (χ3n) is 3.73. The second-order valence-corrected chi connectivity index (χ2v) is 5.45. The Morgan fingerprint density at radius 3 is 2.68 bits per heavy atom. The van der Waals surface area contributed by atoms with E-state index in [2.05, 4.69) is 15.6 Å². The Hall–Kier alpha value is -2.80. The number of hydrogen-bond acceptors (Lipinski definition) is 5. The van der Waals surface area contributed by atoms with E-state index in [4.69, 9.17) is 9.47 Å². The van der Waals surface area contributed by atoms with E-state index in [0.717, 1.165) is 5.69 Å². The van der Waals surface area contributed by atoms with Crippen LogP contribution in [0.1, 0.15) is 30.3 Å². The number of pyridine rings is 1. The molecule has 7 nitrogen and oxygen atoms in total. The maximum absolute atomic E-state index is 12.0. The molecule has 2 amide bonds. The third kappa shape index (κ3) is 5.09. The van der Waals surface area contributed by atoms with Crippen LogP contribution in [0.3, 0.4) is 0 Å². The number of aliphatic hydroxyl groups is 1. The molecule has 134 valence electrons. The first-order valence-corrected chi connectivity index (χ1v) is 7.90. The van der Waals surface area contributed by atoms with E-state index >= 15 is 0 Å². The summed E-state index contributed by atoms with van der Waals surface area (Å²) >= 11 is 0. The van der Waals surface area contributed by atoms with Gasteiger partial charge in [0.2, 0.25) is 0 Å². The second-order valence-electron chi connectivity index (χ2n) is 5.45. The smallest absolute Gasteiger partial charge is 0.315 e. The van der Waals surface area contributed by atoms with E-state index in [9.17, 15) is 9.90 Å². The number of methoxy groups -OCH3 is 2. The highest BCUT2D eigenvalue weighted by molar-refractivity contribution is 5.74. The van der Waals surface area contributed by atoms with Crippen LogP contribution in [-0.4, -0.2) is 36.9 Å². The van der Waals surface area contributed by atoms with E-state index in [-0.39, 0.29) is 18.6 Å². The van der Waals surface area contributed by atoms with Crippen LogP contribution in [0.4, 0.5) is 4.79 Å². The molecule has 3 N–H and O–H groups in total. The Bertz CT molecular complexity index is 694. The van der Waals surface area contributed by atoms with Gasteiger partial charge in [0.15, 0.2) is 0 Å². The van der Waals surface area contributed by atoms with E-state index in [1.807, 2.05) is 25.1 Å².